The zero-order valence-corrected chi connectivity index (χ0v) is 5.67. The van der Waals surface area contributed by atoms with E-state index in [4.69, 9.17) is 0 Å². The van der Waals surface area contributed by atoms with E-state index >= 15 is 0 Å². The molecule has 2 N–H and O–H groups in total. The van der Waals surface area contributed by atoms with Gasteiger partial charge in [-0.2, -0.15) is 13.5 Å². The molecule has 0 fully saturated rings. The summed E-state index contributed by atoms with van der Waals surface area (Å²) in [6, 6.07) is 0. The van der Waals surface area contributed by atoms with Gasteiger partial charge < -0.3 is 5.48 Å². The molecule has 0 atom stereocenters. The van der Waals surface area contributed by atoms with Gasteiger partial charge in [-0.3, -0.25) is 0 Å². The molecule has 0 aromatic carbocycles. The van der Waals surface area contributed by atoms with E-state index in [0.29, 0.717) is 0 Å². The summed E-state index contributed by atoms with van der Waals surface area (Å²) in [5, 5.41) is 0. The number of rotatable bonds is 0. The van der Waals surface area contributed by atoms with Crippen molar-refractivity contribution in [1.29, 1.82) is 0 Å². The van der Waals surface area contributed by atoms with Crippen molar-refractivity contribution in [2.75, 3.05) is 0 Å². The molecule has 0 aromatic heterocycles. The molecule has 0 aliphatic rings. The molecular weight excluding hydrogens is 140 g/mol. The molecule has 4 heavy (non-hydrogen) atoms. The Morgan fingerprint density at radius 2 is 1.00 bits per heavy atom. The summed E-state index contributed by atoms with van der Waals surface area (Å²) in [7, 11) is 0. The summed E-state index contributed by atoms with van der Waals surface area (Å²) < 4.78 is 0. The molecule has 0 bridgehead atoms. The van der Waals surface area contributed by atoms with Crippen LogP contribution in [-0.4, -0.2) is 22.8 Å². The van der Waals surface area contributed by atoms with Gasteiger partial charge in [0.15, 0.2) is 17.4 Å². The van der Waals surface area contributed by atoms with E-state index in [-0.39, 0.29) is 55.8 Å². The summed E-state index contributed by atoms with van der Waals surface area (Å²) in [5.41, 5.74) is 0. The second-order valence-electron chi connectivity index (χ2n) is 0. The van der Waals surface area contributed by atoms with Crippen molar-refractivity contribution in [3.05, 3.63) is 0 Å². The van der Waals surface area contributed by atoms with Crippen molar-refractivity contribution in [1.82, 2.24) is 0 Å². The van der Waals surface area contributed by atoms with Crippen LogP contribution in [0.15, 0.2) is 0 Å². The van der Waals surface area contributed by atoms with Crippen LogP contribution >= 0.6 is 13.5 Å². The molecule has 0 radical (unpaired) electrons. The van der Waals surface area contributed by atoms with Crippen LogP contribution in [0.25, 0.3) is 0 Å². The summed E-state index contributed by atoms with van der Waals surface area (Å²) in [6.45, 7) is 0. The Labute approximate surface area is 55.8 Å². The molecule has 0 aliphatic carbocycles. The number of hydrogen-bond acceptors (Lipinski definition) is 0. The molecule has 4 heteroatoms. The first-order valence-corrected chi connectivity index (χ1v) is 0. The molecular formula is H7AlOSZn. The van der Waals surface area contributed by atoms with Gasteiger partial charge in [0.2, 0.25) is 0 Å². The first-order chi connectivity index (χ1) is 0. The maximum atomic E-state index is 0. The molecule has 0 heterocycles. The van der Waals surface area contributed by atoms with Crippen LogP contribution in [0, 0.1) is 0 Å². The van der Waals surface area contributed by atoms with Crippen LogP contribution in [0.1, 0.15) is 0 Å². The fourth-order valence-electron chi connectivity index (χ4n) is 0. The summed E-state index contributed by atoms with van der Waals surface area (Å²) >= 11 is 0. The van der Waals surface area contributed by atoms with Crippen LogP contribution < -0.4 is 0 Å². The maximum Gasteiger partial charge on any atom is 0.187 e. The summed E-state index contributed by atoms with van der Waals surface area (Å²) in [4.78, 5) is 0. The van der Waals surface area contributed by atoms with Crippen molar-refractivity contribution in [3.63, 3.8) is 0 Å². The third-order valence-corrected chi connectivity index (χ3v) is 0. The van der Waals surface area contributed by atoms with Crippen molar-refractivity contribution in [2.45, 2.75) is 0 Å². The van der Waals surface area contributed by atoms with Crippen LogP contribution in [0.3, 0.4) is 0 Å². The minimum atomic E-state index is 0. The quantitative estimate of drug-likeness (QED) is 0.359. The second kappa shape index (κ2) is 25.0. The van der Waals surface area contributed by atoms with Crippen molar-refractivity contribution >= 4 is 30.9 Å². The smallest absolute Gasteiger partial charge is 0.187 e. The van der Waals surface area contributed by atoms with Gasteiger partial charge >= 0.3 is 0 Å². The van der Waals surface area contributed by atoms with E-state index in [1.165, 1.54) is 0 Å². The first kappa shape index (κ1) is 50.7. The van der Waals surface area contributed by atoms with Gasteiger partial charge in [0.1, 0.15) is 0 Å². The molecule has 24 valence electrons. The molecule has 0 amide bonds. The van der Waals surface area contributed by atoms with E-state index in [1.54, 1.807) is 0 Å². The Balaban J connectivity index is 0. The van der Waals surface area contributed by atoms with Gasteiger partial charge in [0.25, 0.3) is 0 Å². The van der Waals surface area contributed by atoms with E-state index in [0.717, 1.165) is 0 Å². The van der Waals surface area contributed by atoms with Gasteiger partial charge in [0.05, 0.1) is 0 Å². The maximum absolute atomic E-state index is 0. The topological polar surface area (TPSA) is 31.5 Å². The summed E-state index contributed by atoms with van der Waals surface area (Å²) in [5.74, 6) is 0. The first-order valence-electron chi connectivity index (χ1n) is 0. The molecule has 0 spiro atoms. The molecule has 0 aliphatic heterocycles. The van der Waals surface area contributed by atoms with Crippen molar-refractivity contribution in [3.8, 4) is 0 Å². The molecule has 0 saturated carbocycles. The Hall–Kier alpha value is 1.47. The Morgan fingerprint density at radius 3 is 1.00 bits per heavy atom. The Morgan fingerprint density at radius 1 is 1.00 bits per heavy atom. The van der Waals surface area contributed by atoms with Crippen molar-refractivity contribution in [2.24, 2.45) is 0 Å². The van der Waals surface area contributed by atoms with Gasteiger partial charge in [-0.15, -0.1) is 0 Å². The predicted octanol–water partition coefficient (Wildman–Crippen LogP) is -1.90. The predicted molar refractivity (Wildman–Crippen MR) is 23.9 cm³/mol. The minimum Gasteiger partial charge on any atom is -0.412 e. The van der Waals surface area contributed by atoms with Crippen LogP contribution in [0.2, 0.25) is 0 Å². The average Bonchev–Trinajstić information content (AvgIpc) is 0. The Bertz CT molecular complexity index is 8.00. The van der Waals surface area contributed by atoms with Crippen LogP contribution in [-0.2, 0) is 19.5 Å². The van der Waals surface area contributed by atoms with Crippen LogP contribution in [0.4, 0.5) is 0 Å². The standard InChI is InChI=1S/Al.H2O.H2S.Zn.3H/h;2*1H2;;;;. The average molecular weight is 147 g/mol. The SMILES string of the molecule is O.S.[AlH3].[Zn]. The minimum absolute atomic E-state index is 0. The fourth-order valence-corrected chi connectivity index (χ4v) is 0. The monoisotopic (exact) mass is 146 g/mol. The van der Waals surface area contributed by atoms with Gasteiger partial charge in [-0.05, 0) is 0 Å². The third-order valence-electron chi connectivity index (χ3n) is 0. The summed E-state index contributed by atoms with van der Waals surface area (Å²) in [6.07, 6.45) is 0. The zero-order chi connectivity index (χ0) is 0. The largest absolute Gasteiger partial charge is 0.412 e. The molecule has 0 saturated heterocycles. The molecule has 0 aromatic rings. The molecule has 0 unspecified atom stereocenters. The molecule has 1 nitrogen and oxygen atoms in total. The third kappa shape index (κ3) is 9.81. The van der Waals surface area contributed by atoms with Gasteiger partial charge in [-0.25, -0.2) is 0 Å². The van der Waals surface area contributed by atoms with E-state index < -0.39 is 0 Å². The van der Waals surface area contributed by atoms with E-state index in [1.807, 2.05) is 0 Å². The Kier molecular flexibility index (Phi) is 317. The van der Waals surface area contributed by atoms with E-state index in [9.17, 15) is 0 Å². The van der Waals surface area contributed by atoms with Gasteiger partial charge in [0, 0.05) is 19.5 Å². The normalized spacial score (nSPS) is 0. The van der Waals surface area contributed by atoms with Gasteiger partial charge in [-0.1, -0.05) is 0 Å². The molecule has 0 rings (SSSR count). The van der Waals surface area contributed by atoms with Crippen molar-refractivity contribution < 1.29 is 25.0 Å². The number of hydrogen-bond donors (Lipinski definition) is 0. The second-order valence-corrected chi connectivity index (χ2v) is 0. The zero-order valence-electron chi connectivity index (χ0n) is 1.71. The fraction of sp³-hybridized carbons (Fsp3) is 0. The van der Waals surface area contributed by atoms with Crippen LogP contribution in [0.5, 0.6) is 0 Å². The van der Waals surface area contributed by atoms with E-state index in [2.05, 4.69) is 0 Å².